The van der Waals surface area contributed by atoms with Crippen molar-refractivity contribution >= 4 is 40.0 Å². The first-order chi connectivity index (χ1) is 5.52. The molecule has 0 aliphatic rings. The van der Waals surface area contributed by atoms with Crippen molar-refractivity contribution in [1.82, 2.24) is 0 Å². The van der Waals surface area contributed by atoms with Crippen molar-refractivity contribution in [3.8, 4) is 0 Å². The molecule has 0 spiro atoms. The van der Waals surface area contributed by atoms with Gasteiger partial charge in [-0.05, 0) is 23.7 Å². The Morgan fingerprint density at radius 3 is 2.33 bits per heavy atom. The van der Waals surface area contributed by atoms with Gasteiger partial charge in [0.25, 0.3) is 5.24 Å². The van der Waals surface area contributed by atoms with E-state index in [0.717, 1.165) is 12.1 Å². The molecule has 0 fully saturated rings. The van der Waals surface area contributed by atoms with Gasteiger partial charge in [0.2, 0.25) is 0 Å². The lowest BCUT2D eigenvalue weighted by Crippen LogP contribution is -1.91. The maximum Gasteiger partial charge on any atom is 0.253 e. The first kappa shape index (κ1) is 9.78. The quantitative estimate of drug-likeness (QED) is 0.530. The predicted octanol–water partition coefficient (Wildman–Crippen LogP) is 3.51. The predicted molar refractivity (Wildman–Crippen MR) is 46.6 cm³/mol. The van der Waals surface area contributed by atoms with Crippen molar-refractivity contribution in [2.24, 2.45) is 0 Å². The van der Waals surface area contributed by atoms with E-state index in [-0.39, 0.29) is 15.6 Å². The van der Waals surface area contributed by atoms with Crippen LogP contribution in [0.4, 0.5) is 4.39 Å². The Morgan fingerprint density at radius 1 is 1.25 bits per heavy atom. The van der Waals surface area contributed by atoms with Crippen LogP contribution in [0.1, 0.15) is 10.4 Å². The fourth-order valence-corrected chi connectivity index (χ4v) is 1.28. The Labute approximate surface area is 83.0 Å². The van der Waals surface area contributed by atoms with Crippen molar-refractivity contribution < 1.29 is 9.18 Å². The molecule has 0 aromatic heterocycles. The zero-order chi connectivity index (χ0) is 9.30. The Hall–Kier alpha value is -0.310. The molecule has 0 N–H and O–H groups in total. The summed E-state index contributed by atoms with van der Waals surface area (Å²) in [5.41, 5.74) is 0.00438. The fourth-order valence-electron chi connectivity index (χ4n) is 0.673. The minimum Gasteiger partial charge on any atom is -0.276 e. The normalized spacial score (nSPS) is 10.0. The molecule has 0 unspecified atom stereocenters. The number of rotatable bonds is 1. The van der Waals surface area contributed by atoms with Crippen molar-refractivity contribution in [3.63, 3.8) is 0 Å². The summed E-state index contributed by atoms with van der Waals surface area (Å²) >= 11 is 16.0. The summed E-state index contributed by atoms with van der Waals surface area (Å²) in [6, 6.07) is 2.04. The number of hydrogen-bond donors (Lipinski definition) is 0. The lowest BCUT2D eigenvalue weighted by molar-refractivity contribution is 0.108. The molecule has 1 nitrogen and oxygen atoms in total. The molecule has 0 bridgehead atoms. The molecule has 0 atom stereocenters. The van der Waals surface area contributed by atoms with Gasteiger partial charge < -0.3 is 0 Å². The molecule has 0 aliphatic carbocycles. The maximum absolute atomic E-state index is 12.7. The highest BCUT2D eigenvalue weighted by Gasteiger charge is 2.11. The van der Waals surface area contributed by atoms with E-state index in [2.05, 4.69) is 0 Å². The molecule has 0 radical (unpaired) electrons. The third-order valence-electron chi connectivity index (χ3n) is 1.22. The minimum absolute atomic E-state index is 0.00438. The summed E-state index contributed by atoms with van der Waals surface area (Å²) in [5.74, 6) is -0.677. The average Bonchev–Trinajstić information content (AvgIpc) is 1.96. The number of halogens is 4. The van der Waals surface area contributed by atoms with Gasteiger partial charge in [0, 0.05) is 0 Å². The molecule has 1 rings (SSSR count). The van der Waals surface area contributed by atoms with E-state index in [1.165, 1.54) is 0 Å². The standard InChI is InChI=1S/C7H2Cl3FO/c8-4-2-6(11)5(9)1-3(4)7(10)12/h1-2H. The van der Waals surface area contributed by atoms with Crippen molar-refractivity contribution in [1.29, 1.82) is 0 Å². The highest BCUT2D eigenvalue weighted by Crippen LogP contribution is 2.25. The second-order valence-corrected chi connectivity index (χ2v) is 3.18. The van der Waals surface area contributed by atoms with E-state index in [1.807, 2.05) is 0 Å². The molecule has 0 heterocycles. The Kier molecular flexibility index (Phi) is 2.94. The summed E-state index contributed by atoms with van der Waals surface area (Å²) < 4.78 is 12.7. The van der Waals surface area contributed by atoms with Gasteiger partial charge in [0.15, 0.2) is 0 Å². The molecule has 0 saturated heterocycles. The molecule has 1 aromatic carbocycles. The van der Waals surface area contributed by atoms with Crippen LogP contribution in [-0.4, -0.2) is 5.24 Å². The lowest BCUT2D eigenvalue weighted by Gasteiger charge is -1.99. The minimum atomic E-state index is -0.762. The summed E-state index contributed by atoms with van der Waals surface area (Å²) in [4.78, 5) is 10.6. The number of benzene rings is 1. The number of hydrogen-bond acceptors (Lipinski definition) is 1. The molecule has 12 heavy (non-hydrogen) atoms. The van der Waals surface area contributed by atoms with Crippen LogP contribution in [-0.2, 0) is 0 Å². The van der Waals surface area contributed by atoms with Crippen LogP contribution in [0.3, 0.4) is 0 Å². The zero-order valence-corrected chi connectivity index (χ0v) is 7.84. The van der Waals surface area contributed by atoms with Crippen LogP contribution in [0.2, 0.25) is 10.0 Å². The maximum atomic E-state index is 12.7. The summed E-state index contributed by atoms with van der Waals surface area (Å²) in [6.07, 6.45) is 0. The monoisotopic (exact) mass is 226 g/mol. The van der Waals surface area contributed by atoms with Crippen molar-refractivity contribution in [2.45, 2.75) is 0 Å². The highest BCUT2D eigenvalue weighted by atomic mass is 35.5. The van der Waals surface area contributed by atoms with E-state index >= 15 is 0 Å². The van der Waals surface area contributed by atoms with Crippen molar-refractivity contribution in [3.05, 3.63) is 33.6 Å². The third-order valence-corrected chi connectivity index (χ3v) is 2.03. The smallest absolute Gasteiger partial charge is 0.253 e. The highest BCUT2D eigenvalue weighted by molar-refractivity contribution is 6.68. The molecule has 64 valence electrons. The lowest BCUT2D eigenvalue weighted by atomic mass is 10.2. The van der Waals surface area contributed by atoms with Crippen LogP contribution >= 0.6 is 34.8 Å². The fraction of sp³-hybridized carbons (Fsp3) is 0. The van der Waals surface area contributed by atoms with Gasteiger partial charge in [-0.25, -0.2) is 4.39 Å². The van der Waals surface area contributed by atoms with Gasteiger partial charge in [-0.1, -0.05) is 23.2 Å². The molecule has 0 saturated carbocycles. The second kappa shape index (κ2) is 3.60. The number of carbonyl (C=O) groups is 1. The molecule has 0 aliphatic heterocycles. The second-order valence-electron chi connectivity index (χ2n) is 2.02. The van der Waals surface area contributed by atoms with E-state index in [0.29, 0.717) is 0 Å². The first-order valence-electron chi connectivity index (χ1n) is 2.86. The van der Waals surface area contributed by atoms with Gasteiger partial charge in [-0.3, -0.25) is 4.79 Å². The van der Waals surface area contributed by atoms with E-state index in [1.54, 1.807) is 0 Å². The molecule has 1 aromatic rings. The van der Waals surface area contributed by atoms with Crippen LogP contribution in [0.5, 0.6) is 0 Å². The van der Waals surface area contributed by atoms with E-state index in [4.69, 9.17) is 34.8 Å². The summed E-state index contributed by atoms with van der Waals surface area (Å²) in [7, 11) is 0. The Morgan fingerprint density at radius 2 is 1.83 bits per heavy atom. The van der Waals surface area contributed by atoms with E-state index in [9.17, 15) is 9.18 Å². The SMILES string of the molecule is O=C(Cl)c1cc(Cl)c(F)cc1Cl. The van der Waals surface area contributed by atoms with Crippen LogP contribution in [0.25, 0.3) is 0 Å². The van der Waals surface area contributed by atoms with Gasteiger partial charge in [-0.15, -0.1) is 0 Å². The largest absolute Gasteiger partial charge is 0.276 e. The van der Waals surface area contributed by atoms with Gasteiger partial charge in [0.05, 0.1) is 15.6 Å². The third kappa shape index (κ3) is 1.89. The topological polar surface area (TPSA) is 17.1 Å². The first-order valence-corrected chi connectivity index (χ1v) is 4.00. The zero-order valence-electron chi connectivity index (χ0n) is 5.57. The van der Waals surface area contributed by atoms with Crippen LogP contribution in [0.15, 0.2) is 12.1 Å². The van der Waals surface area contributed by atoms with Crippen molar-refractivity contribution in [2.75, 3.05) is 0 Å². The molecule has 0 amide bonds. The summed E-state index contributed by atoms with van der Waals surface area (Å²) in [6.45, 7) is 0. The van der Waals surface area contributed by atoms with E-state index < -0.39 is 11.1 Å². The van der Waals surface area contributed by atoms with Gasteiger partial charge in [0.1, 0.15) is 5.82 Å². The molecule has 5 heteroatoms. The molecular formula is C7H2Cl3FO. The summed E-state index contributed by atoms with van der Waals surface area (Å²) in [5, 5.41) is -0.984. The Balaban J connectivity index is 3.33. The van der Waals surface area contributed by atoms with Gasteiger partial charge in [-0.2, -0.15) is 0 Å². The Bertz CT molecular complexity index is 338. The average molecular weight is 227 g/mol. The van der Waals surface area contributed by atoms with Crippen LogP contribution in [0, 0.1) is 5.82 Å². The van der Waals surface area contributed by atoms with Gasteiger partial charge >= 0.3 is 0 Å². The number of carbonyl (C=O) groups excluding carboxylic acids is 1. The molecular weight excluding hydrogens is 225 g/mol. The van der Waals surface area contributed by atoms with Crippen LogP contribution < -0.4 is 0 Å².